The zero-order chi connectivity index (χ0) is 13.7. The highest BCUT2D eigenvalue weighted by atomic mass is 19.1. The SMILES string of the molecule is C[C@@H](c1cc(F)ccc1F)N(C)C(=O)CCCN. The molecule has 2 N–H and O–H groups in total. The molecule has 1 aromatic carbocycles. The highest BCUT2D eigenvalue weighted by Gasteiger charge is 2.20. The Labute approximate surface area is 106 Å². The second-order valence-corrected chi connectivity index (χ2v) is 4.24. The van der Waals surface area contributed by atoms with Crippen LogP contribution in [0.1, 0.15) is 31.4 Å². The fourth-order valence-electron chi connectivity index (χ4n) is 1.69. The zero-order valence-electron chi connectivity index (χ0n) is 10.6. The van der Waals surface area contributed by atoms with Gasteiger partial charge in [0.25, 0.3) is 0 Å². The quantitative estimate of drug-likeness (QED) is 0.878. The minimum absolute atomic E-state index is 0.128. The molecule has 0 radical (unpaired) electrons. The van der Waals surface area contributed by atoms with Crippen LogP contribution < -0.4 is 5.73 Å². The van der Waals surface area contributed by atoms with E-state index in [1.54, 1.807) is 14.0 Å². The molecule has 5 heteroatoms. The third-order valence-electron chi connectivity index (χ3n) is 2.98. The van der Waals surface area contributed by atoms with E-state index in [9.17, 15) is 13.6 Å². The molecule has 0 saturated heterocycles. The second kappa shape index (κ2) is 6.44. The van der Waals surface area contributed by atoms with Gasteiger partial charge >= 0.3 is 0 Å². The van der Waals surface area contributed by atoms with Gasteiger partial charge in [0.2, 0.25) is 5.91 Å². The molecule has 18 heavy (non-hydrogen) atoms. The topological polar surface area (TPSA) is 46.3 Å². The van der Waals surface area contributed by atoms with Crippen molar-refractivity contribution in [2.45, 2.75) is 25.8 Å². The number of nitrogens with two attached hydrogens (primary N) is 1. The van der Waals surface area contributed by atoms with Gasteiger partial charge in [0, 0.05) is 19.0 Å². The van der Waals surface area contributed by atoms with E-state index in [2.05, 4.69) is 0 Å². The Hall–Kier alpha value is -1.49. The normalized spacial score (nSPS) is 12.3. The number of hydrogen-bond acceptors (Lipinski definition) is 2. The van der Waals surface area contributed by atoms with Crippen molar-refractivity contribution in [3.63, 3.8) is 0 Å². The van der Waals surface area contributed by atoms with Crippen molar-refractivity contribution < 1.29 is 13.6 Å². The predicted molar refractivity (Wildman–Crippen MR) is 65.8 cm³/mol. The number of hydrogen-bond donors (Lipinski definition) is 1. The molecule has 1 atom stereocenters. The van der Waals surface area contributed by atoms with E-state index in [4.69, 9.17) is 5.73 Å². The smallest absolute Gasteiger partial charge is 0.222 e. The van der Waals surface area contributed by atoms with Crippen LogP contribution in [0.25, 0.3) is 0 Å². The molecule has 0 saturated carbocycles. The number of carbonyl (C=O) groups is 1. The minimum atomic E-state index is -0.513. The van der Waals surface area contributed by atoms with Crippen LogP contribution in [0.5, 0.6) is 0 Å². The first-order valence-electron chi connectivity index (χ1n) is 5.88. The Bertz CT molecular complexity index is 423. The monoisotopic (exact) mass is 256 g/mol. The van der Waals surface area contributed by atoms with Gasteiger partial charge in [0.05, 0.1) is 6.04 Å². The average molecular weight is 256 g/mol. The van der Waals surface area contributed by atoms with Crippen LogP contribution in [-0.4, -0.2) is 24.4 Å². The van der Waals surface area contributed by atoms with E-state index in [1.165, 1.54) is 4.90 Å². The molecule has 0 fully saturated rings. The summed E-state index contributed by atoms with van der Waals surface area (Å²) in [7, 11) is 1.58. The molecule has 0 aliphatic rings. The van der Waals surface area contributed by atoms with Gasteiger partial charge in [-0.05, 0) is 38.1 Å². The maximum atomic E-state index is 13.6. The summed E-state index contributed by atoms with van der Waals surface area (Å²) in [6.45, 7) is 2.10. The van der Waals surface area contributed by atoms with Crippen molar-refractivity contribution in [2.75, 3.05) is 13.6 Å². The van der Waals surface area contributed by atoms with Gasteiger partial charge in [-0.2, -0.15) is 0 Å². The third kappa shape index (κ3) is 3.50. The molecule has 0 aliphatic heterocycles. The molecule has 1 aromatic rings. The lowest BCUT2D eigenvalue weighted by Gasteiger charge is -2.25. The third-order valence-corrected chi connectivity index (χ3v) is 2.98. The first-order chi connectivity index (χ1) is 8.47. The Balaban J connectivity index is 2.82. The largest absolute Gasteiger partial charge is 0.339 e. The Morgan fingerprint density at radius 1 is 1.44 bits per heavy atom. The number of amides is 1. The van der Waals surface area contributed by atoms with Crippen LogP contribution >= 0.6 is 0 Å². The van der Waals surface area contributed by atoms with Crippen LogP contribution in [0.2, 0.25) is 0 Å². The summed E-state index contributed by atoms with van der Waals surface area (Å²) in [5.41, 5.74) is 5.51. The summed E-state index contributed by atoms with van der Waals surface area (Å²) >= 11 is 0. The number of benzene rings is 1. The van der Waals surface area contributed by atoms with E-state index in [0.717, 1.165) is 18.2 Å². The summed E-state index contributed by atoms with van der Waals surface area (Å²) in [5, 5.41) is 0. The number of nitrogens with zero attached hydrogens (tertiary/aromatic N) is 1. The van der Waals surface area contributed by atoms with Gasteiger partial charge in [-0.3, -0.25) is 4.79 Å². The Morgan fingerprint density at radius 3 is 2.72 bits per heavy atom. The van der Waals surface area contributed by atoms with Crippen molar-refractivity contribution in [3.05, 3.63) is 35.4 Å². The van der Waals surface area contributed by atoms with Crippen LogP contribution in [0.15, 0.2) is 18.2 Å². The maximum absolute atomic E-state index is 13.6. The zero-order valence-corrected chi connectivity index (χ0v) is 10.6. The number of carbonyl (C=O) groups excluding carboxylic acids is 1. The van der Waals surface area contributed by atoms with Crippen molar-refractivity contribution in [2.24, 2.45) is 5.73 Å². The molecule has 0 bridgehead atoms. The molecule has 0 aliphatic carbocycles. The molecule has 1 rings (SSSR count). The molecule has 0 heterocycles. The summed E-state index contributed by atoms with van der Waals surface area (Å²) in [6, 6.07) is 2.74. The van der Waals surface area contributed by atoms with Gasteiger partial charge < -0.3 is 10.6 Å². The fourth-order valence-corrected chi connectivity index (χ4v) is 1.69. The van der Waals surface area contributed by atoms with Crippen LogP contribution in [0.3, 0.4) is 0 Å². The molecule has 0 unspecified atom stereocenters. The summed E-state index contributed by atoms with van der Waals surface area (Å²) in [5.74, 6) is -1.15. The van der Waals surface area contributed by atoms with E-state index >= 15 is 0 Å². The number of rotatable bonds is 5. The second-order valence-electron chi connectivity index (χ2n) is 4.24. The molecule has 0 spiro atoms. The van der Waals surface area contributed by atoms with Crippen molar-refractivity contribution in [1.29, 1.82) is 0 Å². The van der Waals surface area contributed by atoms with E-state index < -0.39 is 17.7 Å². The Morgan fingerprint density at radius 2 is 2.11 bits per heavy atom. The molecular formula is C13H18F2N2O. The standard InChI is InChI=1S/C13H18F2N2O/c1-9(17(2)13(18)4-3-7-16)11-8-10(14)5-6-12(11)15/h5-6,8-9H,3-4,7,16H2,1-2H3/t9-/m0/s1. The van der Waals surface area contributed by atoms with Crippen molar-refractivity contribution >= 4 is 5.91 Å². The first-order valence-corrected chi connectivity index (χ1v) is 5.88. The van der Waals surface area contributed by atoms with E-state index in [1.807, 2.05) is 0 Å². The lowest BCUT2D eigenvalue weighted by Crippen LogP contribution is -2.30. The van der Waals surface area contributed by atoms with E-state index in [-0.39, 0.29) is 11.5 Å². The maximum Gasteiger partial charge on any atom is 0.222 e. The first kappa shape index (κ1) is 14.6. The molecule has 100 valence electrons. The summed E-state index contributed by atoms with van der Waals surface area (Å²) in [4.78, 5) is 13.2. The van der Waals surface area contributed by atoms with Crippen LogP contribution in [-0.2, 0) is 4.79 Å². The van der Waals surface area contributed by atoms with Crippen molar-refractivity contribution in [3.8, 4) is 0 Å². The van der Waals surface area contributed by atoms with Gasteiger partial charge in [0.1, 0.15) is 11.6 Å². The molecule has 0 aromatic heterocycles. The minimum Gasteiger partial charge on any atom is -0.339 e. The Kier molecular flexibility index (Phi) is 5.22. The molecular weight excluding hydrogens is 238 g/mol. The summed E-state index contributed by atoms with van der Waals surface area (Å²) in [6.07, 6.45) is 0.899. The van der Waals surface area contributed by atoms with Gasteiger partial charge in [0.15, 0.2) is 0 Å². The molecule has 3 nitrogen and oxygen atoms in total. The van der Waals surface area contributed by atoms with Gasteiger partial charge in [-0.1, -0.05) is 0 Å². The number of halogens is 2. The van der Waals surface area contributed by atoms with Gasteiger partial charge in [-0.15, -0.1) is 0 Å². The molecule has 1 amide bonds. The average Bonchev–Trinajstić information content (AvgIpc) is 2.37. The van der Waals surface area contributed by atoms with Crippen LogP contribution in [0, 0.1) is 11.6 Å². The summed E-state index contributed by atoms with van der Waals surface area (Å²) < 4.78 is 26.7. The lowest BCUT2D eigenvalue weighted by molar-refractivity contribution is -0.131. The highest BCUT2D eigenvalue weighted by molar-refractivity contribution is 5.76. The van der Waals surface area contributed by atoms with Crippen molar-refractivity contribution in [1.82, 2.24) is 4.90 Å². The fraction of sp³-hybridized carbons (Fsp3) is 0.462. The van der Waals surface area contributed by atoms with Gasteiger partial charge in [-0.25, -0.2) is 8.78 Å². The lowest BCUT2D eigenvalue weighted by atomic mass is 10.1. The predicted octanol–water partition coefficient (Wildman–Crippen LogP) is 2.22. The highest BCUT2D eigenvalue weighted by Crippen LogP contribution is 2.23. The van der Waals surface area contributed by atoms with Crippen LogP contribution in [0.4, 0.5) is 8.78 Å². The van der Waals surface area contributed by atoms with E-state index in [0.29, 0.717) is 19.4 Å².